The van der Waals surface area contributed by atoms with Crippen LogP contribution in [0.4, 0.5) is 0 Å². The van der Waals surface area contributed by atoms with Gasteiger partial charge in [0.05, 0.1) is 4.47 Å². The van der Waals surface area contributed by atoms with E-state index in [2.05, 4.69) is 45.2 Å². The lowest BCUT2D eigenvalue weighted by atomic mass is 10.2. The second kappa shape index (κ2) is 6.99. The first kappa shape index (κ1) is 15.1. The number of hydrogen-bond acceptors (Lipinski definition) is 4. The zero-order chi connectivity index (χ0) is 14.7. The van der Waals surface area contributed by atoms with Crippen LogP contribution in [-0.2, 0) is 6.54 Å². The maximum absolute atomic E-state index is 5.66. The Labute approximate surface area is 134 Å². The summed E-state index contributed by atoms with van der Waals surface area (Å²) in [6.45, 7) is 7.92. The van der Waals surface area contributed by atoms with Crippen molar-refractivity contribution in [1.29, 1.82) is 0 Å². The van der Waals surface area contributed by atoms with E-state index in [0.29, 0.717) is 19.3 Å². The van der Waals surface area contributed by atoms with Crippen molar-refractivity contribution in [3.05, 3.63) is 22.2 Å². The largest absolute Gasteiger partial charge is 0.486 e. The van der Waals surface area contributed by atoms with Crippen LogP contribution in [0.15, 0.2) is 16.6 Å². The van der Waals surface area contributed by atoms with Crippen molar-refractivity contribution in [2.75, 3.05) is 32.8 Å². The van der Waals surface area contributed by atoms with Gasteiger partial charge in [0.15, 0.2) is 11.5 Å². The number of nitrogens with one attached hydrogen (secondary N) is 1. The Hall–Kier alpha value is -0.780. The van der Waals surface area contributed by atoms with Crippen molar-refractivity contribution >= 4 is 15.9 Å². The number of halogens is 1. The van der Waals surface area contributed by atoms with Gasteiger partial charge in [-0.3, -0.25) is 4.90 Å². The van der Waals surface area contributed by atoms with Crippen LogP contribution in [0.25, 0.3) is 0 Å². The molecule has 0 radical (unpaired) electrons. The molecule has 1 N–H and O–H groups in total. The minimum Gasteiger partial charge on any atom is -0.486 e. The molecule has 116 valence electrons. The first-order chi connectivity index (χ1) is 10.2. The number of hydrogen-bond donors (Lipinski definition) is 1. The number of fused-ring (bicyclic) bond motifs is 1. The average Bonchev–Trinajstić information content (AvgIpc) is 3.01. The summed E-state index contributed by atoms with van der Waals surface area (Å²) in [7, 11) is 0. The summed E-state index contributed by atoms with van der Waals surface area (Å²) in [5, 5.41) is 3.55. The van der Waals surface area contributed by atoms with Crippen LogP contribution in [0.1, 0.15) is 25.3 Å². The first-order valence-electron chi connectivity index (χ1n) is 7.77. The quantitative estimate of drug-likeness (QED) is 0.881. The summed E-state index contributed by atoms with van der Waals surface area (Å²) < 4.78 is 12.3. The highest BCUT2D eigenvalue weighted by Gasteiger charge is 2.18. The second-order valence-corrected chi connectivity index (χ2v) is 6.68. The molecule has 1 aromatic carbocycles. The zero-order valence-electron chi connectivity index (χ0n) is 12.5. The van der Waals surface area contributed by atoms with Crippen LogP contribution in [0.2, 0.25) is 0 Å². The van der Waals surface area contributed by atoms with E-state index in [0.717, 1.165) is 29.1 Å². The summed E-state index contributed by atoms with van der Waals surface area (Å²) in [6, 6.07) is 4.79. The van der Waals surface area contributed by atoms with Gasteiger partial charge in [0.1, 0.15) is 13.2 Å². The van der Waals surface area contributed by atoms with Crippen LogP contribution in [-0.4, -0.2) is 43.8 Å². The van der Waals surface area contributed by atoms with Gasteiger partial charge in [0.2, 0.25) is 0 Å². The normalized spacial score (nSPS) is 19.7. The number of likely N-dealkylation sites (tertiary alicyclic amines) is 1. The van der Waals surface area contributed by atoms with Gasteiger partial charge in [-0.15, -0.1) is 0 Å². The maximum Gasteiger partial charge on any atom is 0.175 e. The fraction of sp³-hybridized carbons (Fsp3) is 0.625. The lowest BCUT2D eigenvalue weighted by Gasteiger charge is -2.24. The summed E-state index contributed by atoms with van der Waals surface area (Å²) in [5.41, 5.74) is 1.22. The van der Waals surface area contributed by atoms with Gasteiger partial charge in [0, 0.05) is 19.1 Å². The Bertz CT molecular complexity index is 489. The molecule has 0 aromatic heterocycles. The summed E-state index contributed by atoms with van der Waals surface area (Å²) in [5.74, 6) is 1.68. The van der Waals surface area contributed by atoms with Crippen LogP contribution in [0, 0.1) is 0 Å². The van der Waals surface area contributed by atoms with Crippen molar-refractivity contribution in [1.82, 2.24) is 10.2 Å². The first-order valence-corrected chi connectivity index (χ1v) is 8.56. The average molecular weight is 355 g/mol. The topological polar surface area (TPSA) is 33.7 Å². The van der Waals surface area contributed by atoms with E-state index in [1.165, 1.54) is 31.5 Å². The molecule has 0 saturated carbocycles. The Morgan fingerprint density at radius 1 is 1.24 bits per heavy atom. The van der Waals surface area contributed by atoms with Gasteiger partial charge in [-0.1, -0.05) is 0 Å². The second-order valence-electron chi connectivity index (χ2n) is 5.82. The van der Waals surface area contributed by atoms with Gasteiger partial charge in [0.25, 0.3) is 0 Å². The SMILES string of the molecule is CC(CNCc1cc(Br)c2c(c1)OCCO2)N1CCCC1. The third-order valence-electron chi connectivity index (χ3n) is 4.19. The minimum atomic E-state index is 0.605. The molecule has 0 bridgehead atoms. The standard InChI is InChI=1S/C16H23BrN2O2/c1-12(19-4-2-3-5-19)10-18-11-13-8-14(17)16-15(9-13)20-6-7-21-16/h8-9,12,18H,2-7,10-11H2,1H3. The maximum atomic E-state index is 5.66. The fourth-order valence-corrected chi connectivity index (χ4v) is 3.61. The van der Waals surface area contributed by atoms with Crippen molar-refractivity contribution in [3.8, 4) is 11.5 Å². The Balaban J connectivity index is 1.54. The van der Waals surface area contributed by atoms with Crippen molar-refractivity contribution in [2.24, 2.45) is 0 Å². The molecule has 3 rings (SSSR count). The van der Waals surface area contributed by atoms with Gasteiger partial charge in [-0.2, -0.15) is 0 Å². The zero-order valence-corrected chi connectivity index (χ0v) is 14.1. The molecule has 5 heteroatoms. The van der Waals surface area contributed by atoms with E-state index >= 15 is 0 Å². The van der Waals surface area contributed by atoms with E-state index in [9.17, 15) is 0 Å². The van der Waals surface area contributed by atoms with Gasteiger partial charge >= 0.3 is 0 Å². The lowest BCUT2D eigenvalue weighted by molar-refractivity contribution is 0.170. The van der Waals surface area contributed by atoms with E-state index < -0.39 is 0 Å². The lowest BCUT2D eigenvalue weighted by Crippen LogP contribution is -2.38. The molecule has 21 heavy (non-hydrogen) atoms. The molecular weight excluding hydrogens is 332 g/mol. The predicted octanol–water partition coefficient (Wildman–Crippen LogP) is 2.79. The van der Waals surface area contributed by atoms with Gasteiger partial charge < -0.3 is 14.8 Å². The molecule has 1 atom stereocenters. The molecule has 2 aliphatic heterocycles. The van der Waals surface area contributed by atoms with Crippen LogP contribution in [0.3, 0.4) is 0 Å². The predicted molar refractivity (Wildman–Crippen MR) is 87.1 cm³/mol. The van der Waals surface area contributed by atoms with Crippen molar-refractivity contribution < 1.29 is 9.47 Å². The molecule has 2 aliphatic rings. The van der Waals surface area contributed by atoms with E-state index in [-0.39, 0.29) is 0 Å². The highest BCUT2D eigenvalue weighted by Crippen LogP contribution is 2.38. The van der Waals surface area contributed by atoms with Gasteiger partial charge in [-0.05, 0) is 66.5 Å². The molecule has 1 unspecified atom stereocenters. The molecule has 0 aliphatic carbocycles. The monoisotopic (exact) mass is 354 g/mol. The third kappa shape index (κ3) is 3.71. The van der Waals surface area contributed by atoms with Crippen LogP contribution >= 0.6 is 15.9 Å². The fourth-order valence-electron chi connectivity index (χ4n) is 3.00. The highest BCUT2D eigenvalue weighted by atomic mass is 79.9. The van der Waals surface area contributed by atoms with E-state index in [4.69, 9.17) is 9.47 Å². The molecule has 1 fully saturated rings. The number of ether oxygens (including phenoxy) is 2. The highest BCUT2D eigenvalue weighted by molar-refractivity contribution is 9.10. The smallest absolute Gasteiger partial charge is 0.175 e. The van der Waals surface area contributed by atoms with E-state index in [1.54, 1.807) is 0 Å². The molecule has 0 spiro atoms. The van der Waals surface area contributed by atoms with Crippen LogP contribution < -0.4 is 14.8 Å². The molecule has 1 aromatic rings. The molecule has 1 saturated heterocycles. The van der Waals surface area contributed by atoms with Crippen molar-refractivity contribution in [3.63, 3.8) is 0 Å². The summed E-state index contributed by atoms with van der Waals surface area (Å²) in [4.78, 5) is 2.56. The number of benzene rings is 1. The Kier molecular flexibility index (Phi) is 5.03. The molecule has 0 amide bonds. The van der Waals surface area contributed by atoms with E-state index in [1.807, 2.05) is 0 Å². The molecule has 2 heterocycles. The minimum absolute atomic E-state index is 0.605. The molecule has 4 nitrogen and oxygen atoms in total. The Morgan fingerprint density at radius 2 is 2.00 bits per heavy atom. The number of rotatable bonds is 5. The summed E-state index contributed by atoms with van der Waals surface area (Å²) >= 11 is 3.57. The summed E-state index contributed by atoms with van der Waals surface area (Å²) in [6.07, 6.45) is 2.69. The third-order valence-corrected chi connectivity index (χ3v) is 4.78. The van der Waals surface area contributed by atoms with Crippen LogP contribution in [0.5, 0.6) is 11.5 Å². The van der Waals surface area contributed by atoms with Crippen molar-refractivity contribution in [2.45, 2.75) is 32.4 Å². The Morgan fingerprint density at radius 3 is 2.81 bits per heavy atom. The molecular formula is C16H23BrN2O2. The van der Waals surface area contributed by atoms with Gasteiger partial charge in [-0.25, -0.2) is 0 Å². The number of nitrogens with zero attached hydrogens (tertiary/aromatic N) is 1.